The Kier molecular flexibility index (Phi) is 6.77. The molecule has 0 aliphatic carbocycles. The summed E-state index contributed by atoms with van der Waals surface area (Å²) in [6.45, 7) is 3.79. The molecular weight excluding hydrogens is 333 g/mol. The number of carboxylic acids is 1. The largest absolute Gasteiger partial charge is 0.480 e. The van der Waals surface area contributed by atoms with Gasteiger partial charge in [-0.15, -0.1) is 0 Å². The van der Waals surface area contributed by atoms with Crippen LogP contribution in [0.4, 0.5) is 4.39 Å². The van der Waals surface area contributed by atoms with E-state index in [1.54, 1.807) is 12.1 Å². The zero-order chi connectivity index (χ0) is 16.9. The number of rotatable bonds is 8. The van der Waals surface area contributed by atoms with Gasteiger partial charge < -0.3 is 10.4 Å². The molecule has 0 amide bonds. The number of nitrogens with one attached hydrogen (secondary N) is 1. The Morgan fingerprint density at radius 1 is 1.41 bits per heavy atom. The number of benzene rings is 1. The van der Waals surface area contributed by atoms with Crippen molar-refractivity contribution in [3.63, 3.8) is 0 Å². The number of sulfone groups is 1. The number of hydrogen-bond acceptors (Lipinski definition) is 4. The first-order chi connectivity index (χ1) is 10.1. The highest BCUT2D eigenvalue weighted by molar-refractivity contribution is 7.92. The van der Waals surface area contributed by atoms with Gasteiger partial charge in [-0.2, -0.15) is 0 Å². The van der Waals surface area contributed by atoms with Gasteiger partial charge in [-0.25, -0.2) is 12.8 Å². The second-order valence-corrected chi connectivity index (χ2v) is 7.95. The smallest absolute Gasteiger partial charge is 0.318 e. The van der Waals surface area contributed by atoms with Gasteiger partial charge in [-0.1, -0.05) is 31.5 Å². The van der Waals surface area contributed by atoms with Crippen LogP contribution in [0.1, 0.15) is 25.5 Å². The molecule has 0 aromatic heterocycles. The maximum Gasteiger partial charge on any atom is 0.318 e. The van der Waals surface area contributed by atoms with Crippen molar-refractivity contribution in [3.05, 3.63) is 34.6 Å². The minimum absolute atomic E-state index is 0.0119. The van der Waals surface area contributed by atoms with Gasteiger partial charge in [-0.05, 0) is 18.1 Å². The van der Waals surface area contributed by atoms with Crippen molar-refractivity contribution < 1.29 is 22.7 Å². The van der Waals surface area contributed by atoms with Gasteiger partial charge in [0.2, 0.25) is 0 Å². The van der Waals surface area contributed by atoms with Gasteiger partial charge in [-0.3, -0.25) is 4.79 Å². The molecule has 0 fully saturated rings. The zero-order valence-electron chi connectivity index (χ0n) is 12.3. The van der Waals surface area contributed by atoms with Crippen LogP contribution in [0, 0.1) is 11.7 Å². The molecule has 1 atom stereocenters. The van der Waals surface area contributed by atoms with Crippen LogP contribution in [0.15, 0.2) is 18.2 Å². The summed E-state index contributed by atoms with van der Waals surface area (Å²) in [6, 6.07) is 3.94. The van der Waals surface area contributed by atoms with Gasteiger partial charge in [0.1, 0.15) is 11.6 Å². The first-order valence-electron chi connectivity index (χ1n) is 6.73. The van der Waals surface area contributed by atoms with Crippen molar-refractivity contribution in [2.24, 2.45) is 5.92 Å². The highest BCUT2D eigenvalue weighted by atomic mass is 35.5. The van der Waals surface area contributed by atoms with E-state index in [2.05, 4.69) is 5.32 Å². The Bertz CT molecular complexity index is 634. The molecule has 2 N–H and O–H groups in total. The van der Waals surface area contributed by atoms with Crippen LogP contribution in [-0.2, 0) is 14.6 Å². The Labute approximate surface area is 134 Å². The molecule has 1 rings (SSSR count). The topological polar surface area (TPSA) is 83.5 Å². The van der Waals surface area contributed by atoms with Crippen molar-refractivity contribution in [2.75, 3.05) is 18.1 Å². The summed E-state index contributed by atoms with van der Waals surface area (Å²) in [5, 5.41) is 11.8. The fourth-order valence-corrected chi connectivity index (χ4v) is 3.20. The molecule has 0 radical (unpaired) electrons. The lowest BCUT2D eigenvalue weighted by Gasteiger charge is -2.23. The van der Waals surface area contributed by atoms with Crippen LogP contribution in [0.3, 0.4) is 0 Å². The maximum atomic E-state index is 14.0. The van der Waals surface area contributed by atoms with E-state index < -0.39 is 33.4 Å². The minimum atomic E-state index is -3.68. The third kappa shape index (κ3) is 5.90. The predicted octanol–water partition coefficient (Wildman–Crippen LogP) is 2.27. The van der Waals surface area contributed by atoms with E-state index in [4.69, 9.17) is 16.7 Å². The molecule has 1 aromatic rings. The molecule has 124 valence electrons. The molecule has 0 aliphatic heterocycles. The van der Waals surface area contributed by atoms with Crippen molar-refractivity contribution in [3.8, 4) is 0 Å². The molecule has 5 nitrogen and oxygen atoms in total. The van der Waals surface area contributed by atoms with Crippen LogP contribution in [0.2, 0.25) is 5.02 Å². The highest BCUT2D eigenvalue weighted by Crippen LogP contribution is 2.26. The molecule has 0 heterocycles. The monoisotopic (exact) mass is 351 g/mol. The standard InChI is InChI=1S/C14H19ClFNO4S/c1-9(2)14(11-4-3-10(15)7-12(11)16)17-5-6-22(20,21)8-13(18)19/h3-4,7,9,14,17H,5-6,8H2,1-2H3,(H,18,19). The van der Waals surface area contributed by atoms with E-state index in [9.17, 15) is 17.6 Å². The van der Waals surface area contributed by atoms with Crippen LogP contribution < -0.4 is 5.32 Å². The van der Waals surface area contributed by atoms with Crippen LogP contribution >= 0.6 is 11.6 Å². The van der Waals surface area contributed by atoms with E-state index in [0.717, 1.165) is 0 Å². The van der Waals surface area contributed by atoms with Crippen LogP contribution in [-0.4, -0.2) is 37.5 Å². The van der Waals surface area contributed by atoms with Gasteiger partial charge in [0.15, 0.2) is 9.84 Å². The first-order valence-corrected chi connectivity index (χ1v) is 8.93. The second kappa shape index (κ2) is 7.89. The van der Waals surface area contributed by atoms with Crippen LogP contribution in [0.25, 0.3) is 0 Å². The summed E-state index contributed by atoms with van der Waals surface area (Å²) >= 11 is 5.72. The summed E-state index contributed by atoms with van der Waals surface area (Å²) in [6.07, 6.45) is 0. The summed E-state index contributed by atoms with van der Waals surface area (Å²) in [7, 11) is -3.68. The van der Waals surface area contributed by atoms with Crippen molar-refractivity contribution in [1.29, 1.82) is 0 Å². The quantitative estimate of drug-likeness (QED) is 0.750. The highest BCUT2D eigenvalue weighted by Gasteiger charge is 2.21. The van der Waals surface area contributed by atoms with Gasteiger partial charge in [0.25, 0.3) is 0 Å². The molecule has 0 saturated heterocycles. The molecule has 1 unspecified atom stereocenters. The summed E-state index contributed by atoms with van der Waals surface area (Å²) < 4.78 is 37.0. The summed E-state index contributed by atoms with van der Waals surface area (Å²) in [5.74, 6) is -3.07. The second-order valence-electron chi connectivity index (χ2n) is 5.33. The molecule has 0 aliphatic rings. The molecule has 0 saturated carbocycles. The fraction of sp³-hybridized carbons (Fsp3) is 0.500. The maximum absolute atomic E-state index is 14.0. The van der Waals surface area contributed by atoms with E-state index in [1.165, 1.54) is 6.07 Å². The number of halogens is 2. The Hall–Kier alpha value is -1.18. The number of carbonyl (C=O) groups is 1. The van der Waals surface area contributed by atoms with Gasteiger partial charge in [0.05, 0.1) is 5.75 Å². The van der Waals surface area contributed by atoms with E-state index in [0.29, 0.717) is 5.56 Å². The average Bonchev–Trinajstić information content (AvgIpc) is 2.33. The molecule has 0 bridgehead atoms. The SMILES string of the molecule is CC(C)C(NCCS(=O)(=O)CC(=O)O)c1ccc(Cl)cc1F. The van der Waals surface area contributed by atoms with E-state index in [-0.39, 0.29) is 23.2 Å². The normalized spacial score (nSPS) is 13.3. The number of hydrogen-bond donors (Lipinski definition) is 2. The van der Waals surface area contributed by atoms with Crippen molar-refractivity contribution in [2.45, 2.75) is 19.9 Å². The summed E-state index contributed by atoms with van der Waals surface area (Å²) in [5.41, 5.74) is 0.398. The summed E-state index contributed by atoms with van der Waals surface area (Å²) in [4.78, 5) is 10.5. The van der Waals surface area contributed by atoms with Gasteiger partial charge in [0, 0.05) is 23.2 Å². The third-order valence-corrected chi connectivity index (χ3v) is 4.83. The lowest BCUT2D eigenvalue weighted by atomic mass is 9.95. The Balaban J connectivity index is 2.76. The zero-order valence-corrected chi connectivity index (χ0v) is 13.9. The lowest BCUT2D eigenvalue weighted by Crippen LogP contribution is -2.32. The van der Waals surface area contributed by atoms with Crippen molar-refractivity contribution in [1.82, 2.24) is 5.32 Å². The molecule has 8 heteroatoms. The predicted molar refractivity (Wildman–Crippen MR) is 83.3 cm³/mol. The molecule has 0 spiro atoms. The first kappa shape index (κ1) is 18.9. The third-order valence-electron chi connectivity index (χ3n) is 3.08. The molecule has 22 heavy (non-hydrogen) atoms. The number of aliphatic carboxylic acids is 1. The Morgan fingerprint density at radius 2 is 2.05 bits per heavy atom. The number of carboxylic acid groups (broad SMARTS) is 1. The Morgan fingerprint density at radius 3 is 2.55 bits per heavy atom. The fourth-order valence-electron chi connectivity index (χ4n) is 2.09. The average molecular weight is 352 g/mol. The van der Waals surface area contributed by atoms with Gasteiger partial charge >= 0.3 is 5.97 Å². The lowest BCUT2D eigenvalue weighted by molar-refractivity contribution is -0.134. The van der Waals surface area contributed by atoms with Crippen LogP contribution in [0.5, 0.6) is 0 Å². The molecule has 1 aromatic carbocycles. The molecular formula is C14H19ClFNO4S. The van der Waals surface area contributed by atoms with E-state index >= 15 is 0 Å². The minimum Gasteiger partial charge on any atom is -0.480 e. The van der Waals surface area contributed by atoms with E-state index in [1.807, 2.05) is 13.8 Å². The van der Waals surface area contributed by atoms with Crippen molar-refractivity contribution >= 4 is 27.4 Å².